The first kappa shape index (κ1) is 34.1. The first-order valence-electron chi connectivity index (χ1n) is 18.4. The molecule has 3 aliphatic heterocycles. The van der Waals surface area contributed by atoms with Crippen LogP contribution in [0.5, 0.6) is 5.75 Å². The number of imide groups is 2. The summed E-state index contributed by atoms with van der Waals surface area (Å²) in [7, 11) is 0. The molecule has 2 aliphatic carbocycles. The number of aromatic nitrogens is 1. The van der Waals surface area contributed by atoms with Gasteiger partial charge in [-0.15, -0.1) is 0 Å². The Kier molecular flexibility index (Phi) is 9.90. The first-order valence-corrected chi connectivity index (χ1v) is 18.4. The average molecular weight is 685 g/mol. The Labute approximate surface area is 293 Å². The predicted octanol–water partition coefficient (Wildman–Crippen LogP) is 4.08. The molecule has 2 aromatic rings. The van der Waals surface area contributed by atoms with E-state index in [2.05, 4.69) is 39.3 Å². The molecule has 7 rings (SSSR count). The SMILES string of the molecule is CC(C)N(CC1CCN(c2ccc(C(=O)NC3CCCCC3)cn2)CC1)C1CC(Oc2ccc3c(c2)C(=O)N(C2CCC(=O)NC2=O)C3=O)C1. The molecule has 50 heavy (non-hydrogen) atoms. The highest BCUT2D eigenvalue weighted by Gasteiger charge is 2.45. The van der Waals surface area contributed by atoms with Gasteiger partial charge in [0.1, 0.15) is 23.7 Å². The topological polar surface area (TPSA) is 141 Å². The lowest BCUT2D eigenvalue weighted by molar-refractivity contribution is -0.136. The molecule has 12 nitrogen and oxygen atoms in total. The zero-order valence-corrected chi connectivity index (χ0v) is 29.1. The van der Waals surface area contributed by atoms with Crippen LogP contribution in [0.3, 0.4) is 0 Å². The van der Waals surface area contributed by atoms with Crippen LogP contribution < -0.4 is 20.3 Å². The van der Waals surface area contributed by atoms with Crippen molar-refractivity contribution in [3.63, 3.8) is 0 Å². The predicted molar refractivity (Wildman–Crippen MR) is 186 cm³/mol. The van der Waals surface area contributed by atoms with Gasteiger partial charge >= 0.3 is 0 Å². The molecule has 1 aromatic carbocycles. The van der Waals surface area contributed by atoms with E-state index >= 15 is 0 Å². The van der Waals surface area contributed by atoms with Gasteiger partial charge in [-0.05, 0) is 82.2 Å². The lowest BCUT2D eigenvalue weighted by atomic mass is 9.85. The van der Waals surface area contributed by atoms with E-state index in [9.17, 15) is 24.0 Å². The molecule has 1 unspecified atom stereocenters. The number of rotatable bonds is 10. The van der Waals surface area contributed by atoms with Crippen LogP contribution in [-0.4, -0.2) is 94.2 Å². The summed E-state index contributed by atoms with van der Waals surface area (Å²) in [5.41, 5.74) is 1.11. The van der Waals surface area contributed by atoms with Gasteiger partial charge in [-0.3, -0.25) is 39.1 Å². The van der Waals surface area contributed by atoms with Crippen LogP contribution in [0.4, 0.5) is 5.82 Å². The Hall–Kier alpha value is -4.32. The molecule has 0 spiro atoms. The van der Waals surface area contributed by atoms with Gasteiger partial charge < -0.3 is 15.0 Å². The maximum Gasteiger partial charge on any atom is 0.262 e. The van der Waals surface area contributed by atoms with Gasteiger partial charge in [-0.2, -0.15) is 0 Å². The van der Waals surface area contributed by atoms with Crippen molar-refractivity contribution in [1.82, 2.24) is 25.4 Å². The van der Waals surface area contributed by atoms with Crippen LogP contribution in [0.2, 0.25) is 0 Å². The summed E-state index contributed by atoms with van der Waals surface area (Å²) in [5, 5.41) is 5.41. The van der Waals surface area contributed by atoms with Crippen LogP contribution in [0, 0.1) is 5.92 Å². The summed E-state index contributed by atoms with van der Waals surface area (Å²) in [6, 6.07) is 8.91. The minimum absolute atomic E-state index is 0.0124. The molecule has 1 aromatic heterocycles. The fraction of sp³-hybridized carbons (Fsp3) is 0.579. The van der Waals surface area contributed by atoms with E-state index in [0.717, 1.165) is 68.9 Å². The summed E-state index contributed by atoms with van der Waals surface area (Å²) >= 11 is 0. The molecule has 12 heteroatoms. The van der Waals surface area contributed by atoms with Gasteiger partial charge in [0.25, 0.3) is 17.7 Å². The Morgan fingerprint density at radius 2 is 1.70 bits per heavy atom. The lowest BCUT2D eigenvalue weighted by Crippen LogP contribution is -2.54. The number of carbonyl (C=O) groups excluding carboxylic acids is 5. The quantitative estimate of drug-likeness (QED) is 0.354. The van der Waals surface area contributed by atoms with Crippen LogP contribution in [0.1, 0.15) is 116 Å². The summed E-state index contributed by atoms with van der Waals surface area (Å²) in [5.74, 6) is -0.0365. The summed E-state index contributed by atoms with van der Waals surface area (Å²) in [4.78, 5) is 73.5. The maximum atomic E-state index is 13.2. The molecule has 2 N–H and O–H groups in total. The normalized spacial score (nSPS) is 24.8. The van der Waals surface area contributed by atoms with Gasteiger partial charge in [0.2, 0.25) is 11.8 Å². The van der Waals surface area contributed by atoms with Crippen LogP contribution >= 0.6 is 0 Å². The molecule has 5 aliphatic rings. The average Bonchev–Trinajstić information content (AvgIpc) is 3.34. The Balaban J connectivity index is 0.877. The van der Waals surface area contributed by atoms with E-state index in [4.69, 9.17) is 4.74 Å². The minimum Gasteiger partial charge on any atom is -0.490 e. The molecule has 2 saturated carbocycles. The van der Waals surface area contributed by atoms with E-state index in [1.807, 2.05) is 12.1 Å². The van der Waals surface area contributed by atoms with Crippen molar-refractivity contribution in [2.75, 3.05) is 24.5 Å². The van der Waals surface area contributed by atoms with Crippen molar-refractivity contribution < 1.29 is 28.7 Å². The van der Waals surface area contributed by atoms with Crippen LogP contribution in [-0.2, 0) is 9.59 Å². The lowest BCUT2D eigenvalue weighted by Gasteiger charge is -2.46. The number of anilines is 1. The third-order valence-electron chi connectivity index (χ3n) is 11.3. The second kappa shape index (κ2) is 14.5. The van der Waals surface area contributed by atoms with Crippen molar-refractivity contribution in [1.29, 1.82) is 0 Å². The van der Waals surface area contributed by atoms with Gasteiger partial charge in [0.15, 0.2) is 0 Å². The van der Waals surface area contributed by atoms with Gasteiger partial charge in [-0.1, -0.05) is 19.3 Å². The van der Waals surface area contributed by atoms with Crippen molar-refractivity contribution in [2.45, 2.75) is 115 Å². The zero-order valence-electron chi connectivity index (χ0n) is 29.1. The number of fused-ring (bicyclic) bond motifs is 1. The Morgan fingerprint density at radius 3 is 2.38 bits per heavy atom. The number of carbonyl (C=O) groups is 5. The summed E-state index contributed by atoms with van der Waals surface area (Å²) < 4.78 is 6.28. The summed E-state index contributed by atoms with van der Waals surface area (Å²) in [6.45, 7) is 7.40. The number of amides is 5. The van der Waals surface area contributed by atoms with Gasteiger partial charge in [-0.25, -0.2) is 4.98 Å². The fourth-order valence-corrected chi connectivity index (χ4v) is 8.27. The molecule has 1 atom stereocenters. The number of hydrogen-bond donors (Lipinski definition) is 2. The van der Waals surface area contributed by atoms with Crippen molar-refractivity contribution in [3.8, 4) is 5.75 Å². The number of pyridine rings is 1. The summed E-state index contributed by atoms with van der Waals surface area (Å²) in [6.07, 6.45) is 11.6. The molecule has 0 bridgehead atoms. The monoisotopic (exact) mass is 684 g/mol. The largest absolute Gasteiger partial charge is 0.490 e. The fourth-order valence-electron chi connectivity index (χ4n) is 8.27. The number of ether oxygens (including phenoxy) is 1. The molecule has 4 heterocycles. The number of hydrogen-bond acceptors (Lipinski definition) is 9. The van der Waals surface area contributed by atoms with Crippen molar-refractivity contribution in [2.24, 2.45) is 5.92 Å². The van der Waals surface area contributed by atoms with Crippen LogP contribution in [0.15, 0.2) is 36.5 Å². The molecular formula is C38H48N6O6. The van der Waals surface area contributed by atoms with E-state index in [1.165, 1.54) is 19.3 Å². The molecule has 5 amide bonds. The third-order valence-corrected chi connectivity index (χ3v) is 11.3. The smallest absolute Gasteiger partial charge is 0.262 e. The van der Waals surface area contributed by atoms with Crippen molar-refractivity contribution >= 4 is 35.4 Å². The highest BCUT2D eigenvalue weighted by atomic mass is 16.5. The highest BCUT2D eigenvalue weighted by molar-refractivity contribution is 6.23. The Morgan fingerprint density at radius 1 is 0.960 bits per heavy atom. The second-order valence-electron chi connectivity index (χ2n) is 15.0. The number of nitrogens with zero attached hydrogens (tertiary/aromatic N) is 4. The first-order chi connectivity index (χ1) is 24.1. The zero-order chi connectivity index (χ0) is 34.9. The second-order valence-corrected chi connectivity index (χ2v) is 15.0. The number of nitrogens with one attached hydrogen (secondary N) is 2. The molecule has 0 radical (unpaired) electrons. The van der Waals surface area contributed by atoms with E-state index < -0.39 is 29.7 Å². The standard InChI is InChI=1S/C38H48N6O6/c1-23(2)43(22-24-14-16-42(17-15-24)33-12-8-25(21-39-33)35(46)40-26-6-4-3-5-7-26)27-18-29(19-27)50-28-9-10-30-31(20-28)38(49)44(37(30)48)32-11-13-34(45)41-36(32)47/h8-10,12,20-21,23-24,26-27,29,32H,3-7,11,13-19,22H2,1-2H3,(H,40,46)(H,41,45,47). The van der Waals surface area contributed by atoms with E-state index in [-0.39, 0.29) is 42.0 Å². The molecule has 2 saturated heterocycles. The molecular weight excluding hydrogens is 636 g/mol. The van der Waals surface area contributed by atoms with E-state index in [0.29, 0.717) is 29.3 Å². The third kappa shape index (κ3) is 7.12. The Bertz CT molecular complexity index is 1620. The van der Waals surface area contributed by atoms with Crippen molar-refractivity contribution in [3.05, 3.63) is 53.2 Å². The van der Waals surface area contributed by atoms with E-state index in [1.54, 1.807) is 24.4 Å². The highest BCUT2D eigenvalue weighted by Crippen LogP contribution is 2.35. The molecule has 266 valence electrons. The number of benzene rings is 1. The number of piperidine rings is 2. The van der Waals surface area contributed by atoms with Gasteiger partial charge in [0, 0.05) is 63.2 Å². The van der Waals surface area contributed by atoms with Gasteiger partial charge in [0.05, 0.1) is 16.7 Å². The minimum atomic E-state index is -0.987. The maximum absolute atomic E-state index is 13.2. The molecule has 4 fully saturated rings. The van der Waals surface area contributed by atoms with Crippen LogP contribution in [0.25, 0.3) is 0 Å².